The van der Waals surface area contributed by atoms with Gasteiger partial charge in [0, 0.05) is 37.9 Å². The van der Waals surface area contributed by atoms with E-state index in [9.17, 15) is 4.79 Å². The van der Waals surface area contributed by atoms with Crippen LogP contribution >= 0.6 is 0 Å². The first kappa shape index (κ1) is 12.5. The van der Waals surface area contributed by atoms with Crippen LogP contribution in [0.4, 0.5) is 5.69 Å². The largest absolute Gasteiger partial charge is 0.369 e. The average molecular weight is 259 g/mol. The van der Waals surface area contributed by atoms with Crippen molar-refractivity contribution in [3.05, 3.63) is 30.3 Å². The van der Waals surface area contributed by atoms with Crippen LogP contribution < -0.4 is 15.5 Å². The minimum Gasteiger partial charge on any atom is -0.369 e. The topological polar surface area (TPSA) is 44.4 Å². The molecule has 1 aromatic rings. The third-order valence-electron chi connectivity index (χ3n) is 4.04. The van der Waals surface area contributed by atoms with E-state index in [4.69, 9.17) is 0 Å². The summed E-state index contributed by atoms with van der Waals surface area (Å²) in [5.74, 6) is 0.408. The number of benzene rings is 1. The van der Waals surface area contributed by atoms with Gasteiger partial charge in [-0.15, -0.1) is 0 Å². The molecule has 1 amide bonds. The molecule has 0 spiro atoms. The molecule has 19 heavy (non-hydrogen) atoms. The molecule has 2 aliphatic rings. The van der Waals surface area contributed by atoms with Crippen LogP contribution in [0.15, 0.2) is 30.3 Å². The highest BCUT2D eigenvalue weighted by molar-refractivity contribution is 5.80. The van der Waals surface area contributed by atoms with E-state index >= 15 is 0 Å². The second kappa shape index (κ2) is 5.61. The number of rotatable bonds is 3. The quantitative estimate of drug-likeness (QED) is 0.851. The van der Waals surface area contributed by atoms with E-state index in [1.165, 1.54) is 5.69 Å². The molecule has 0 aliphatic carbocycles. The molecule has 0 radical (unpaired) electrons. The van der Waals surface area contributed by atoms with Crippen molar-refractivity contribution in [2.45, 2.75) is 18.9 Å². The van der Waals surface area contributed by atoms with E-state index in [0.29, 0.717) is 6.04 Å². The number of para-hydroxylation sites is 1. The molecule has 1 aromatic carbocycles. The molecular formula is C15H21N3O. The number of piperidine rings is 1. The highest BCUT2D eigenvalue weighted by Crippen LogP contribution is 2.19. The predicted molar refractivity (Wildman–Crippen MR) is 76.2 cm³/mol. The zero-order valence-corrected chi connectivity index (χ0v) is 11.1. The molecule has 2 N–H and O–H groups in total. The van der Waals surface area contributed by atoms with Crippen molar-refractivity contribution in [2.24, 2.45) is 5.92 Å². The number of anilines is 1. The fourth-order valence-corrected chi connectivity index (χ4v) is 2.76. The molecule has 2 saturated heterocycles. The Bertz CT molecular complexity index is 430. The van der Waals surface area contributed by atoms with Crippen LogP contribution in [-0.4, -0.2) is 38.1 Å². The summed E-state index contributed by atoms with van der Waals surface area (Å²) in [6, 6.07) is 10.7. The van der Waals surface area contributed by atoms with Gasteiger partial charge in [0.2, 0.25) is 5.91 Å². The first-order valence-electron chi connectivity index (χ1n) is 7.14. The number of hydrogen-bond acceptors (Lipinski definition) is 3. The Morgan fingerprint density at radius 2 is 2.05 bits per heavy atom. The fraction of sp³-hybridized carbons (Fsp3) is 0.533. The van der Waals surface area contributed by atoms with Crippen molar-refractivity contribution in [1.82, 2.24) is 10.6 Å². The van der Waals surface area contributed by atoms with Crippen LogP contribution in [0.3, 0.4) is 0 Å². The van der Waals surface area contributed by atoms with E-state index < -0.39 is 0 Å². The number of amides is 1. The standard InChI is InChI=1S/C15H21N3O/c19-15(12-9-16-10-12)17-13-5-4-8-18(11-13)14-6-2-1-3-7-14/h1-3,6-7,12-13,16H,4-5,8-11H2,(H,17,19). The molecule has 1 unspecified atom stereocenters. The van der Waals surface area contributed by atoms with E-state index in [2.05, 4.69) is 39.8 Å². The molecule has 0 aromatic heterocycles. The van der Waals surface area contributed by atoms with Gasteiger partial charge in [0.15, 0.2) is 0 Å². The monoisotopic (exact) mass is 259 g/mol. The molecule has 4 nitrogen and oxygen atoms in total. The summed E-state index contributed by atoms with van der Waals surface area (Å²) < 4.78 is 0. The van der Waals surface area contributed by atoms with Crippen LogP contribution in [0.5, 0.6) is 0 Å². The van der Waals surface area contributed by atoms with Crippen LogP contribution in [0.2, 0.25) is 0 Å². The summed E-state index contributed by atoms with van der Waals surface area (Å²) in [4.78, 5) is 14.3. The molecule has 3 rings (SSSR count). The Morgan fingerprint density at radius 1 is 1.26 bits per heavy atom. The van der Waals surface area contributed by atoms with Gasteiger partial charge in [0.05, 0.1) is 5.92 Å². The minimum atomic E-state index is 0.187. The molecule has 4 heteroatoms. The second-order valence-electron chi connectivity index (χ2n) is 5.48. The van der Waals surface area contributed by atoms with Gasteiger partial charge >= 0.3 is 0 Å². The smallest absolute Gasteiger partial charge is 0.225 e. The van der Waals surface area contributed by atoms with Gasteiger partial charge in [-0.05, 0) is 25.0 Å². The van der Waals surface area contributed by atoms with E-state index in [1.807, 2.05) is 6.07 Å². The Kier molecular flexibility index (Phi) is 3.69. The number of nitrogens with zero attached hydrogens (tertiary/aromatic N) is 1. The maximum atomic E-state index is 12.0. The molecule has 1 atom stereocenters. The molecule has 0 bridgehead atoms. The molecular weight excluding hydrogens is 238 g/mol. The van der Waals surface area contributed by atoms with Crippen molar-refractivity contribution >= 4 is 11.6 Å². The Labute approximate surface area is 114 Å². The average Bonchev–Trinajstić information content (AvgIpc) is 2.38. The number of carbonyl (C=O) groups is 1. The lowest BCUT2D eigenvalue weighted by Crippen LogP contribution is -2.55. The second-order valence-corrected chi connectivity index (χ2v) is 5.48. The number of nitrogens with one attached hydrogen (secondary N) is 2. The Morgan fingerprint density at radius 3 is 2.74 bits per heavy atom. The van der Waals surface area contributed by atoms with E-state index in [1.54, 1.807) is 0 Å². The first-order valence-corrected chi connectivity index (χ1v) is 7.14. The van der Waals surface area contributed by atoms with Crippen molar-refractivity contribution in [3.8, 4) is 0 Å². The number of carbonyl (C=O) groups excluding carboxylic acids is 1. The first-order chi connectivity index (χ1) is 9.33. The molecule has 2 fully saturated rings. The molecule has 2 aliphatic heterocycles. The highest BCUT2D eigenvalue weighted by atomic mass is 16.2. The van der Waals surface area contributed by atoms with Gasteiger partial charge in [-0.2, -0.15) is 0 Å². The lowest BCUT2D eigenvalue weighted by Gasteiger charge is -2.36. The van der Waals surface area contributed by atoms with E-state index in [0.717, 1.165) is 39.0 Å². The van der Waals surface area contributed by atoms with Gasteiger partial charge in [0.25, 0.3) is 0 Å². The summed E-state index contributed by atoms with van der Waals surface area (Å²) in [7, 11) is 0. The lowest BCUT2D eigenvalue weighted by molar-refractivity contribution is -0.127. The van der Waals surface area contributed by atoms with Crippen molar-refractivity contribution in [2.75, 3.05) is 31.1 Å². The third kappa shape index (κ3) is 2.89. The summed E-state index contributed by atoms with van der Waals surface area (Å²) in [6.07, 6.45) is 2.23. The van der Waals surface area contributed by atoms with Crippen molar-refractivity contribution in [3.63, 3.8) is 0 Å². The highest BCUT2D eigenvalue weighted by Gasteiger charge is 2.28. The van der Waals surface area contributed by atoms with Crippen LogP contribution in [-0.2, 0) is 4.79 Å². The molecule has 2 heterocycles. The third-order valence-corrected chi connectivity index (χ3v) is 4.04. The lowest BCUT2D eigenvalue weighted by atomic mass is 10.00. The van der Waals surface area contributed by atoms with Crippen molar-refractivity contribution in [1.29, 1.82) is 0 Å². The van der Waals surface area contributed by atoms with Gasteiger partial charge < -0.3 is 15.5 Å². The Hall–Kier alpha value is -1.55. The maximum Gasteiger partial charge on any atom is 0.225 e. The number of hydrogen-bond donors (Lipinski definition) is 2. The predicted octanol–water partition coefficient (Wildman–Crippen LogP) is 0.991. The van der Waals surface area contributed by atoms with Gasteiger partial charge in [0.1, 0.15) is 0 Å². The van der Waals surface area contributed by atoms with Gasteiger partial charge in [-0.1, -0.05) is 18.2 Å². The van der Waals surface area contributed by atoms with Gasteiger partial charge in [-0.25, -0.2) is 0 Å². The van der Waals surface area contributed by atoms with Crippen LogP contribution in [0, 0.1) is 5.92 Å². The zero-order chi connectivity index (χ0) is 13.1. The zero-order valence-electron chi connectivity index (χ0n) is 11.1. The summed E-state index contributed by atoms with van der Waals surface area (Å²) >= 11 is 0. The molecule has 0 saturated carbocycles. The Balaban J connectivity index is 1.57. The van der Waals surface area contributed by atoms with Crippen LogP contribution in [0.1, 0.15) is 12.8 Å². The summed E-state index contributed by atoms with van der Waals surface area (Å²) in [6.45, 7) is 3.68. The van der Waals surface area contributed by atoms with Gasteiger partial charge in [-0.3, -0.25) is 4.79 Å². The summed E-state index contributed by atoms with van der Waals surface area (Å²) in [5, 5.41) is 6.34. The van der Waals surface area contributed by atoms with Crippen molar-refractivity contribution < 1.29 is 4.79 Å². The fourth-order valence-electron chi connectivity index (χ4n) is 2.76. The normalized spacial score (nSPS) is 23.8. The SMILES string of the molecule is O=C(NC1CCCN(c2ccccc2)C1)C1CNC1. The van der Waals surface area contributed by atoms with Crippen LogP contribution in [0.25, 0.3) is 0 Å². The minimum absolute atomic E-state index is 0.187. The van der Waals surface area contributed by atoms with E-state index in [-0.39, 0.29) is 11.8 Å². The summed E-state index contributed by atoms with van der Waals surface area (Å²) in [5.41, 5.74) is 1.26. The molecule has 102 valence electrons. The maximum absolute atomic E-state index is 12.0.